The van der Waals surface area contributed by atoms with Crippen LogP contribution in [0.2, 0.25) is 0 Å². The van der Waals surface area contributed by atoms with Crippen molar-refractivity contribution in [1.29, 1.82) is 0 Å². The molecule has 0 bridgehead atoms. The van der Waals surface area contributed by atoms with E-state index in [0.717, 1.165) is 5.92 Å². The minimum absolute atomic E-state index is 0.572. The van der Waals surface area contributed by atoms with Gasteiger partial charge in [0.15, 0.2) is 0 Å². The zero-order valence-electron chi connectivity index (χ0n) is 6.88. The van der Waals surface area contributed by atoms with Crippen LogP contribution < -0.4 is 0 Å². The number of hydrogen-bond acceptors (Lipinski definition) is 2. The van der Waals surface area contributed by atoms with Gasteiger partial charge < -0.3 is 4.90 Å². The van der Waals surface area contributed by atoms with E-state index in [1.165, 1.54) is 25.9 Å². The van der Waals surface area contributed by atoms with Gasteiger partial charge in [-0.05, 0) is 32.4 Å². The molecular formula is C8H17NS. The Kier molecular flexibility index (Phi) is 3.05. The van der Waals surface area contributed by atoms with Crippen LogP contribution in [0.4, 0.5) is 0 Å². The standard InChI is InChI=1S/C8H17NS/c1-7(10)8-4-3-5-9(2)6-8/h7-8,10H,3-6H2,1-2H3. The number of likely N-dealkylation sites (tertiary alicyclic amines) is 1. The maximum absolute atomic E-state index is 4.45. The van der Waals surface area contributed by atoms with Gasteiger partial charge in [-0.1, -0.05) is 6.92 Å². The van der Waals surface area contributed by atoms with E-state index < -0.39 is 0 Å². The second kappa shape index (κ2) is 3.63. The van der Waals surface area contributed by atoms with Crippen molar-refractivity contribution in [3.8, 4) is 0 Å². The Hall–Kier alpha value is 0.310. The molecule has 0 aliphatic carbocycles. The first-order chi connectivity index (χ1) is 4.70. The summed E-state index contributed by atoms with van der Waals surface area (Å²) >= 11 is 4.45. The predicted molar refractivity (Wildman–Crippen MR) is 48.7 cm³/mol. The molecule has 10 heavy (non-hydrogen) atoms. The monoisotopic (exact) mass is 159 g/mol. The lowest BCUT2D eigenvalue weighted by Gasteiger charge is -2.31. The summed E-state index contributed by atoms with van der Waals surface area (Å²) in [4.78, 5) is 2.40. The lowest BCUT2D eigenvalue weighted by molar-refractivity contribution is 0.210. The van der Waals surface area contributed by atoms with E-state index in [2.05, 4.69) is 31.5 Å². The van der Waals surface area contributed by atoms with Gasteiger partial charge in [0.05, 0.1) is 0 Å². The Morgan fingerprint density at radius 3 is 2.70 bits per heavy atom. The Bertz CT molecular complexity index is 103. The molecule has 1 fully saturated rings. The second-order valence-electron chi connectivity index (χ2n) is 3.41. The van der Waals surface area contributed by atoms with Gasteiger partial charge >= 0.3 is 0 Å². The van der Waals surface area contributed by atoms with Crippen LogP contribution in [0.15, 0.2) is 0 Å². The van der Waals surface area contributed by atoms with Crippen LogP contribution in [-0.4, -0.2) is 30.3 Å². The summed E-state index contributed by atoms with van der Waals surface area (Å²) in [7, 11) is 2.20. The van der Waals surface area contributed by atoms with Gasteiger partial charge in [-0.15, -0.1) is 0 Å². The third kappa shape index (κ3) is 2.17. The van der Waals surface area contributed by atoms with E-state index in [9.17, 15) is 0 Å². The average molecular weight is 159 g/mol. The molecule has 1 heterocycles. The highest BCUT2D eigenvalue weighted by Crippen LogP contribution is 2.21. The fourth-order valence-corrected chi connectivity index (χ4v) is 1.84. The van der Waals surface area contributed by atoms with Crippen molar-refractivity contribution in [3.05, 3.63) is 0 Å². The number of piperidine rings is 1. The van der Waals surface area contributed by atoms with Crippen molar-refractivity contribution in [2.75, 3.05) is 20.1 Å². The summed E-state index contributed by atoms with van der Waals surface area (Å²) in [6.45, 7) is 4.72. The first-order valence-corrected chi connectivity index (χ1v) is 4.58. The number of thiol groups is 1. The highest BCUT2D eigenvalue weighted by Gasteiger charge is 2.19. The van der Waals surface area contributed by atoms with E-state index in [0.29, 0.717) is 5.25 Å². The van der Waals surface area contributed by atoms with Crippen LogP contribution in [0.25, 0.3) is 0 Å². The number of nitrogens with zero attached hydrogens (tertiary/aromatic N) is 1. The molecule has 1 saturated heterocycles. The highest BCUT2D eigenvalue weighted by molar-refractivity contribution is 7.80. The molecule has 1 aliphatic rings. The largest absolute Gasteiger partial charge is 0.306 e. The SMILES string of the molecule is CC(S)C1CCCN(C)C1. The maximum atomic E-state index is 4.45. The lowest BCUT2D eigenvalue weighted by atomic mass is 9.96. The van der Waals surface area contributed by atoms with E-state index in [1.807, 2.05) is 0 Å². The molecule has 0 spiro atoms. The van der Waals surface area contributed by atoms with Crippen molar-refractivity contribution in [1.82, 2.24) is 4.90 Å². The molecular weight excluding hydrogens is 142 g/mol. The topological polar surface area (TPSA) is 3.24 Å². The van der Waals surface area contributed by atoms with Gasteiger partial charge in [-0.2, -0.15) is 12.6 Å². The van der Waals surface area contributed by atoms with Crippen LogP contribution in [0.3, 0.4) is 0 Å². The minimum Gasteiger partial charge on any atom is -0.306 e. The van der Waals surface area contributed by atoms with Crippen molar-refractivity contribution in [2.24, 2.45) is 5.92 Å². The van der Waals surface area contributed by atoms with E-state index in [1.54, 1.807) is 0 Å². The molecule has 1 rings (SSSR count). The highest BCUT2D eigenvalue weighted by atomic mass is 32.1. The molecule has 2 atom stereocenters. The van der Waals surface area contributed by atoms with Crippen molar-refractivity contribution in [2.45, 2.75) is 25.0 Å². The average Bonchev–Trinajstić information content (AvgIpc) is 1.88. The summed E-state index contributed by atoms with van der Waals surface area (Å²) in [5.41, 5.74) is 0. The van der Waals surface area contributed by atoms with E-state index in [-0.39, 0.29) is 0 Å². The normalized spacial score (nSPS) is 32.1. The summed E-state index contributed by atoms with van der Waals surface area (Å²) in [5, 5.41) is 0.572. The predicted octanol–water partition coefficient (Wildman–Crippen LogP) is 1.65. The minimum atomic E-state index is 0.572. The smallest absolute Gasteiger partial charge is 0.00289 e. The zero-order valence-corrected chi connectivity index (χ0v) is 7.77. The molecule has 0 aromatic rings. The summed E-state index contributed by atoms with van der Waals surface area (Å²) in [5.74, 6) is 0.821. The van der Waals surface area contributed by atoms with Crippen LogP contribution in [0, 0.1) is 5.92 Å². The molecule has 0 aromatic heterocycles. The second-order valence-corrected chi connectivity index (χ2v) is 4.22. The lowest BCUT2D eigenvalue weighted by Crippen LogP contribution is -2.35. The fraction of sp³-hybridized carbons (Fsp3) is 1.00. The van der Waals surface area contributed by atoms with Gasteiger partial charge in [-0.25, -0.2) is 0 Å². The van der Waals surface area contributed by atoms with Crippen LogP contribution in [0.1, 0.15) is 19.8 Å². The molecule has 1 aliphatic heterocycles. The Labute approximate surface area is 69.2 Å². The van der Waals surface area contributed by atoms with Crippen LogP contribution in [0.5, 0.6) is 0 Å². The van der Waals surface area contributed by atoms with Crippen molar-refractivity contribution >= 4 is 12.6 Å². The first-order valence-electron chi connectivity index (χ1n) is 4.07. The van der Waals surface area contributed by atoms with E-state index >= 15 is 0 Å². The van der Waals surface area contributed by atoms with Crippen LogP contribution in [-0.2, 0) is 0 Å². The molecule has 60 valence electrons. The summed E-state index contributed by atoms with van der Waals surface area (Å²) in [6, 6.07) is 0. The van der Waals surface area contributed by atoms with Crippen LogP contribution >= 0.6 is 12.6 Å². The number of hydrogen-bond donors (Lipinski definition) is 1. The molecule has 0 radical (unpaired) electrons. The molecule has 0 N–H and O–H groups in total. The Balaban J connectivity index is 2.32. The molecule has 2 heteroatoms. The Morgan fingerprint density at radius 1 is 1.60 bits per heavy atom. The molecule has 2 unspecified atom stereocenters. The Morgan fingerprint density at radius 2 is 2.30 bits per heavy atom. The van der Waals surface area contributed by atoms with Gasteiger partial charge in [0, 0.05) is 11.8 Å². The molecule has 0 amide bonds. The third-order valence-corrected chi connectivity index (χ3v) is 2.76. The third-order valence-electron chi connectivity index (χ3n) is 2.34. The summed E-state index contributed by atoms with van der Waals surface area (Å²) < 4.78 is 0. The van der Waals surface area contributed by atoms with Gasteiger partial charge in [-0.3, -0.25) is 0 Å². The molecule has 1 nitrogen and oxygen atoms in total. The fourth-order valence-electron chi connectivity index (χ4n) is 1.60. The van der Waals surface area contributed by atoms with E-state index in [4.69, 9.17) is 0 Å². The summed E-state index contributed by atoms with van der Waals surface area (Å²) in [6.07, 6.45) is 2.72. The maximum Gasteiger partial charge on any atom is 0.00289 e. The number of rotatable bonds is 1. The first kappa shape index (κ1) is 8.41. The van der Waals surface area contributed by atoms with Gasteiger partial charge in [0.2, 0.25) is 0 Å². The van der Waals surface area contributed by atoms with Gasteiger partial charge in [0.25, 0.3) is 0 Å². The molecule has 0 aromatic carbocycles. The molecule has 0 saturated carbocycles. The quantitative estimate of drug-likeness (QED) is 0.569. The van der Waals surface area contributed by atoms with Gasteiger partial charge in [0.1, 0.15) is 0 Å². The van der Waals surface area contributed by atoms with Crippen molar-refractivity contribution in [3.63, 3.8) is 0 Å². The van der Waals surface area contributed by atoms with Crippen molar-refractivity contribution < 1.29 is 0 Å². The zero-order chi connectivity index (χ0) is 7.56.